The average molecular weight is 1000 g/mol. The quantitative estimate of drug-likeness (QED) is 0.0267. The van der Waals surface area contributed by atoms with Crippen molar-refractivity contribution in [3.05, 3.63) is 144 Å². The van der Waals surface area contributed by atoms with Crippen molar-refractivity contribution in [3.63, 3.8) is 0 Å². The van der Waals surface area contributed by atoms with Gasteiger partial charge in [0.05, 0.1) is 0 Å². The molecule has 0 amide bonds. The van der Waals surface area contributed by atoms with Crippen molar-refractivity contribution in [2.24, 2.45) is 21.5 Å². The summed E-state index contributed by atoms with van der Waals surface area (Å²) in [5.74, 6) is 1.69. The van der Waals surface area contributed by atoms with Gasteiger partial charge in [-0.3, -0.25) is 9.98 Å². The Hall–Kier alpha value is -2.74. The Morgan fingerprint density at radius 3 is 1.00 bits per heavy atom. The molecule has 0 heterocycles. The maximum Gasteiger partial charge on any atom is 0.188 e. The molecule has 0 aliphatic carbocycles. The third-order valence-electron chi connectivity index (χ3n) is 8.58. The van der Waals surface area contributed by atoms with Crippen LogP contribution in [-0.2, 0) is 0 Å². The molecule has 4 aromatic carbocycles. The van der Waals surface area contributed by atoms with Gasteiger partial charge < -0.3 is 32.7 Å². The van der Waals surface area contributed by atoms with Crippen molar-refractivity contribution < 1.29 is 0 Å². The molecule has 0 spiro atoms. The highest BCUT2D eigenvalue weighted by atomic mass is 79.9. The molecule has 0 atom stereocenters. The molecule has 54 heavy (non-hydrogen) atoms. The van der Waals surface area contributed by atoms with Crippen molar-refractivity contribution in [2.75, 3.05) is 52.4 Å². The number of hydrogen-bond acceptors (Lipinski definition) is 4. The third kappa shape index (κ3) is 21.4. The number of aliphatic imine (C=N–C) groups is 2. The van der Waals surface area contributed by atoms with Gasteiger partial charge in [-0.2, -0.15) is 0 Å². The molecular formula is C42H64Br4N8. The van der Waals surface area contributed by atoms with Gasteiger partial charge in [0, 0.05) is 38.0 Å². The van der Waals surface area contributed by atoms with Crippen molar-refractivity contribution in [1.82, 2.24) is 21.3 Å². The first-order valence-electron chi connectivity index (χ1n) is 17.9. The summed E-state index contributed by atoms with van der Waals surface area (Å²) >= 11 is 0. The minimum atomic E-state index is 0. The number of nitrogens with two attached hydrogens (primary N) is 2. The highest BCUT2D eigenvalue weighted by Crippen LogP contribution is 2.28. The number of nitrogens with zero attached hydrogens (tertiary/aromatic N) is 2. The number of benzene rings is 4. The fourth-order valence-electron chi connectivity index (χ4n) is 5.99. The lowest BCUT2D eigenvalue weighted by molar-refractivity contribution is 0.579. The van der Waals surface area contributed by atoms with Crippen LogP contribution in [0.5, 0.6) is 0 Å². The van der Waals surface area contributed by atoms with Gasteiger partial charge in [0.1, 0.15) is 0 Å². The van der Waals surface area contributed by atoms with E-state index in [9.17, 15) is 0 Å². The first-order valence-corrected chi connectivity index (χ1v) is 17.9. The number of guanidine groups is 2. The highest BCUT2D eigenvalue weighted by Gasteiger charge is 2.14. The Morgan fingerprint density at radius 1 is 0.426 bits per heavy atom. The molecule has 12 heteroatoms. The Bertz CT molecular complexity index is 1290. The molecule has 0 saturated heterocycles. The van der Waals surface area contributed by atoms with E-state index >= 15 is 0 Å². The van der Waals surface area contributed by atoms with Crippen LogP contribution in [0.25, 0.3) is 0 Å². The van der Waals surface area contributed by atoms with E-state index in [1.165, 1.54) is 22.3 Å². The van der Waals surface area contributed by atoms with E-state index in [0.717, 1.165) is 71.4 Å². The normalized spacial score (nSPS) is 10.9. The van der Waals surface area contributed by atoms with Crippen LogP contribution in [0.15, 0.2) is 131 Å². The maximum atomic E-state index is 6.15. The molecule has 4 rings (SSSR count). The second kappa shape index (κ2) is 33.6. The molecule has 0 aromatic heterocycles. The Kier molecular flexibility index (Phi) is 33.2. The topological polar surface area (TPSA) is 125 Å². The van der Waals surface area contributed by atoms with Gasteiger partial charge in [-0.25, -0.2) is 0 Å². The van der Waals surface area contributed by atoms with E-state index in [0.29, 0.717) is 36.8 Å². The van der Waals surface area contributed by atoms with Gasteiger partial charge in [0.2, 0.25) is 0 Å². The van der Waals surface area contributed by atoms with Crippen LogP contribution in [-0.4, -0.2) is 64.3 Å². The summed E-state index contributed by atoms with van der Waals surface area (Å²) in [4.78, 5) is 9.02. The number of hydrogen-bond donors (Lipinski definition) is 6. The average Bonchev–Trinajstić information content (AvgIpc) is 3.15. The van der Waals surface area contributed by atoms with Crippen molar-refractivity contribution >= 4 is 79.8 Å². The maximum absolute atomic E-state index is 6.15. The van der Waals surface area contributed by atoms with Gasteiger partial charge in [-0.05, 0) is 80.5 Å². The van der Waals surface area contributed by atoms with E-state index in [-0.39, 0.29) is 75.4 Å². The Labute approximate surface area is 367 Å². The minimum Gasteiger partial charge on any atom is -0.370 e. The molecule has 0 radical (unpaired) electrons. The zero-order chi connectivity index (χ0) is 34.2. The standard InChI is InChI=1S/C41H56N8.CH4.4BrH/c42-40(48-32-24-38(34-16-5-1-6-17-34)35-18-7-2-8-19-35)46-30-14-28-44-26-13-27-45-29-15-31-47-41(43)49-33-25-39(36-20-9-3-10-21-36)37-22-11-4-12-23-37;;;;;/h1-12,16-23,38-39,44-45H,13-15,24-33H2,(H3,42,46,48)(H3,43,47,49);1H4;4*1H. The largest absolute Gasteiger partial charge is 0.370 e. The number of rotatable bonds is 22. The van der Waals surface area contributed by atoms with E-state index < -0.39 is 0 Å². The van der Waals surface area contributed by atoms with Crippen LogP contribution in [0, 0.1) is 0 Å². The van der Waals surface area contributed by atoms with E-state index in [4.69, 9.17) is 11.5 Å². The highest BCUT2D eigenvalue weighted by molar-refractivity contribution is 8.93. The van der Waals surface area contributed by atoms with Crippen LogP contribution in [0.3, 0.4) is 0 Å². The summed E-state index contributed by atoms with van der Waals surface area (Å²) in [5, 5.41) is 13.6. The molecule has 0 unspecified atom stereocenters. The predicted molar refractivity (Wildman–Crippen MR) is 255 cm³/mol. The fourth-order valence-corrected chi connectivity index (χ4v) is 5.99. The van der Waals surface area contributed by atoms with Gasteiger partial charge in [0.25, 0.3) is 0 Å². The molecular weight excluding hydrogens is 936 g/mol. The van der Waals surface area contributed by atoms with Crippen molar-refractivity contribution in [3.8, 4) is 0 Å². The molecule has 0 aliphatic rings. The molecule has 8 N–H and O–H groups in total. The second-order valence-corrected chi connectivity index (χ2v) is 12.3. The monoisotopic (exact) mass is 996 g/mol. The number of halogens is 4. The first-order chi connectivity index (χ1) is 24.2. The van der Waals surface area contributed by atoms with Gasteiger partial charge in [-0.15, -0.1) is 67.9 Å². The molecule has 8 nitrogen and oxygen atoms in total. The lowest BCUT2D eigenvalue weighted by Crippen LogP contribution is -2.33. The fraction of sp³-hybridized carbons (Fsp3) is 0.381. The minimum absolute atomic E-state index is 0. The molecule has 0 aliphatic heterocycles. The van der Waals surface area contributed by atoms with Crippen LogP contribution in [0.4, 0.5) is 0 Å². The summed E-state index contributed by atoms with van der Waals surface area (Å²) in [6.45, 7) is 6.79. The molecule has 4 aromatic rings. The van der Waals surface area contributed by atoms with Gasteiger partial charge in [0.15, 0.2) is 11.9 Å². The van der Waals surface area contributed by atoms with E-state index in [2.05, 4.69) is 153 Å². The Morgan fingerprint density at radius 2 is 0.704 bits per heavy atom. The summed E-state index contributed by atoms with van der Waals surface area (Å²) in [5.41, 5.74) is 17.6. The molecule has 0 saturated carbocycles. The summed E-state index contributed by atoms with van der Waals surface area (Å²) in [6.07, 6.45) is 4.89. The lowest BCUT2D eigenvalue weighted by atomic mass is 9.88. The molecule has 300 valence electrons. The van der Waals surface area contributed by atoms with Crippen molar-refractivity contribution in [2.45, 2.75) is 51.4 Å². The first kappa shape index (κ1) is 53.4. The number of nitrogens with one attached hydrogen (secondary N) is 4. The second-order valence-electron chi connectivity index (χ2n) is 12.3. The zero-order valence-corrected chi connectivity index (χ0v) is 37.4. The van der Waals surface area contributed by atoms with E-state index in [1.807, 2.05) is 0 Å². The van der Waals surface area contributed by atoms with Gasteiger partial charge in [-0.1, -0.05) is 129 Å². The van der Waals surface area contributed by atoms with Crippen molar-refractivity contribution in [1.29, 1.82) is 0 Å². The van der Waals surface area contributed by atoms with Gasteiger partial charge >= 0.3 is 0 Å². The van der Waals surface area contributed by atoms with E-state index in [1.54, 1.807) is 0 Å². The lowest BCUT2D eigenvalue weighted by Gasteiger charge is -2.18. The smallest absolute Gasteiger partial charge is 0.188 e. The zero-order valence-electron chi connectivity index (χ0n) is 30.6. The molecule has 0 bridgehead atoms. The SMILES string of the molecule is Br.Br.Br.Br.C.NC(=NCCCNCCCNCCCN=C(N)NCCC(c1ccccc1)c1ccccc1)NCCC(c1ccccc1)c1ccccc1. The molecule has 0 fully saturated rings. The van der Waals surface area contributed by atoms with Crippen LogP contribution >= 0.6 is 67.9 Å². The van der Waals surface area contributed by atoms with Crippen LogP contribution in [0.1, 0.15) is 73.6 Å². The summed E-state index contributed by atoms with van der Waals surface area (Å²) in [6, 6.07) is 42.6. The van der Waals surface area contributed by atoms with Crippen LogP contribution < -0.4 is 32.7 Å². The predicted octanol–water partition coefficient (Wildman–Crippen LogP) is 8.54. The summed E-state index contributed by atoms with van der Waals surface area (Å²) < 4.78 is 0. The Balaban J connectivity index is 0. The van der Waals surface area contributed by atoms with Crippen LogP contribution in [0.2, 0.25) is 0 Å². The third-order valence-corrected chi connectivity index (χ3v) is 8.58. The summed E-state index contributed by atoms with van der Waals surface area (Å²) in [7, 11) is 0.